The van der Waals surface area contributed by atoms with E-state index in [2.05, 4.69) is 4.98 Å². The number of benzene rings is 1. The van der Waals surface area contributed by atoms with Crippen LogP contribution >= 0.6 is 0 Å². The number of hydrogen-bond acceptors (Lipinski definition) is 5. The van der Waals surface area contributed by atoms with Gasteiger partial charge in [-0.3, -0.25) is 0 Å². The number of rotatable bonds is 5. The van der Waals surface area contributed by atoms with E-state index in [0.717, 1.165) is 28.5 Å². The number of methoxy groups -OCH3 is 2. The monoisotopic (exact) mass is 262 g/mol. The van der Waals surface area contributed by atoms with Crippen molar-refractivity contribution in [3.8, 4) is 22.8 Å². The topological polar surface area (TPSA) is 70.5 Å². The maximum atomic E-state index is 5.59. The zero-order valence-electron chi connectivity index (χ0n) is 11.4. The van der Waals surface area contributed by atoms with Crippen LogP contribution in [0.2, 0.25) is 0 Å². The summed E-state index contributed by atoms with van der Waals surface area (Å²) in [5.74, 6) is 2.87. The zero-order valence-corrected chi connectivity index (χ0v) is 11.4. The normalized spacial score (nSPS) is 10.5. The first-order valence-corrected chi connectivity index (χ1v) is 6.08. The van der Waals surface area contributed by atoms with Crippen molar-refractivity contribution in [2.24, 2.45) is 5.73 Å². The summed E-state index contributed by atoms with van der Waals surface area (Å²) in [5.41, 5.74) is 7.13. The smallest absolute Gasteiger partial charge is 0.196 e. The summed E-state index contributed by atoms with van der Waals surface area (Å²) in [6, 6.07) is 5.58. The summed E-state index contributed by atoms with van der Waals surface area (Å²) >= 11 is 0. The number of oxazole rings is 1. The summed E-state index contributed by atoms with van der Waals surface area (Å²) in [4.78, 5) is 4.47. The van der Waals surface area contributed by atoms with E-state index in [1.165, 1.54) is 0 Å². The molecule has 0 unspecified atom stereocenters. The second kappa shape index (κ2) is 5.75. The van der Waals surface area contributed by atoms with Gasteiger partial charge in [0.25, 0.3) is 0 Å². The third kappa shape index (κ3) is 2.71. The van der Waals surface area contributed by atoms with Gasteiger partial charge in [0.15, 0.2) is 5.89 Å². The highest BCUT2D eigenvalue weighted by Gasteiger charge is 2.16. The second-order valence-corrected chi connectivity index (χ2v) is 4.12. The minimum Gasteiger partial charge on any atom is -0.497 e. The average molecular weight is 262 g/mol. The molecule has 0 radical (unpaired) electrons. The molecule has 0 spiro atoms. The van der Waals surface area contributed by atoms with E-state index >= 15 is 0 Å². The summed E-state index contributed by atoms with van der Waals surface area (Å²) in [6.45, 7) is 2.38. The van der Waals surface area contributed by atoms with Gasteiger partial charge in [0.1, 0.15) is 23.0 Å². The summed E-state index contributed by atoms with van der Waals surface area (Å²) in [6.07, 6.45) is 0.618. The predicted molar refractivity (Wildman–Crippen MR) is 72.5 cm³/mol. The number of nitrogens with zero attached hydrogens (tertiary/aromatic N) is 1. The Hall–Kier alpha value is -2.01. The zero-order chi connectivity index (χ0) is 13.8. The van der Waals surface area contributed by atoms with Gasteiger partial charge in [-0.2, -0.15) is 0 Å². The summed E-state index contributed by atoms with van der Waals surface area (Å²) in [7, 11) is 3.25. The molecule has 0 aliphatic rings. The molecule has 2 rings (SSSR count). The molecule has 1 heterocycles. The van der Waals surface area contributed by atoms with Gasteiger partial charge in [-0.15, -0.1) is 0 Å². The van der Waals surface area contributed by atoms with Gasteiger partial charge in [0, 0.05) is 18.5 Å². The lowest BCUT2D eigenvalue weighted by molar-refractivity contribution is 0.404. The molecule has 2 aromatic rings. The maximum Gasteiger partial charge on any atom is 0.196 e. The van der Waals surface area contributed by atoms with Gasteiger partial charge >= 0.3 is 0 Å². The van der Waals surface area contributed by atoms with Crippen molar-refractivity contribution in [3.05, 3.63) is 29.9 Å². The summed E-state index contributed by atoms with van der Waals surface area (Å²) in [5, 5.41) is 0. The summed E-state index contributed by atoms with van der Waals surface area (Å²) < 4.78 is 16.2. The fourth-order valence-electron chi connectivity index (χ4n) is 1.93. The van der Waals surface area contributed by atoms with E-state index in [1.54, 1.807) is 14.2 Å². The van der Waals surface area contributed by atoms with Gasteiger partial charge in [-0.1, -0.05) is 0 Å². The third-order valence-corrected chi connectivity index (χ3v) is 2.86. The molecule has 0 aliphatic carbocycles. The van der Waals surface area contributed by atoms with Crippen LogP contribution in [0.4, 0.5) is 0 Å². The van der Waals surface area contributed by atoms with Crippen molar-refractivity contribution in [1.29, 1.82) is 0 Å². The molecule has 0 atom stereocenters. The third-order valence-electron chi connectivity index (χ3n) is 2.86. The van der Waals surface area contributed by atoms with Crippen molar-refractivity contribution >= 4 is 0 Å². The van der Waals surface area contributed by atoms with E-state index < -0.39 is 0 Å². The molecule has 0 amide bonds. The number of aryl methyl sites for hydroxylation is 1. The lowest BCUT2D eigenvalue weighted by Gasteiger charge is -2.08. The van der Waals surface area contributed by atoms with Crippen LogP contribution in [0.15, 0.2) is 22.6 Å². The van der Waals surface area contributed by atoms with Crippen LogP contribution in [0.5, 0.6) is 11.5 Å². The van der Waals surface area contributed by atoms with Gasteiger partial charge in [0.2, 0.25) is 0 Å². The second-order valence-electron chi connectivity index (χ2n) is 4.12. The highest BCUT2D eigenvalue weighted by atomic mass is 16.5. The highest BCUT2D eigenvalue weighted by molar-refractivity contribution is 5.70. The van der Waals surface area contributed by atoms with Gasteiger partial charge in [0.05, 0.1) is 14.2 Å². The van der Waals surface area contributed by atoms with Crippen LogP contribution in [-0.2, 0) is 6.42 Å². The molecule has 0 saturated heterocycles. The van der Waals surface area contributed by atoms with E-state index in [4.69, 9.17) is 19.6 Å². The van der Waals surface area contributed by atoms with Crippen molar-refractivity contribution in [1.82, 2.24) is 4.98 Å². The Bertz CT molecular complexity index is 564. The van der Waals surface area contributed by atoms with E-state index in [9.17, 15) is 0 Å². The molecular weight excluding hydrogens is 244 g/mol. The number of aromatic nitrogens is 1. The highest BCUT2D eigenvalue weighted by Crippen LogP contribution is 2.34. The lowest BCUT2D eigenvalue weighted by Crippen LogP contribution is -2.02. The Kier molecular flexibility index (Phi) is 4.06. The van der Waals surface area contributed by atoms with Crippen molar-refractivity contribution in [2.45, 2.75) is 13.3 Å². The Morgan fingerprint density at radius 1 is 1.26 bits per heavy atom. The maximum absolute atomic E-state index is 5.59. The van der Waals surface area contributed by atoms with E-state index in [-0.39, 0.29) is 0 Å². The van der Waals surface area contributed by atoms with Crippen molar-refractivity contribution < 1.29 is 13.9 Å². The standard InChI is InChI=1S/C14H18N2O3/c1-9-14(16-13(19-9)6-7-15)11-8-10(17-2)4-5-12(11)18-3/h4-5,8H,6-7,15H2,1-3H3. The van der Waals surface area contributed by atoms with Crippen LogP contribution in [0.1, 0.15) is 11.7 Å². The largest absolute Gasteiger partial charge is 0.497 e. The first-order valence-electron chi connectivity index (χ1n) is 6.08. The van der Waals surface area contributed by atoms with Crippen LogP contribution in [0.25, 0.3) is 11.3 Å². The number of hydrogen-bond donors (Lipinski definition) is 1. The molecule has 1 aromatic carbocycles. The van der Waals surface area contributed by atoms with Crippen LogP contribution in [0, 0.1) is 6.92 Å². The molecule has 0 aliphatic heterocycles. The molecule has 1 aromatic heterocycles. The molecule has 0 bridgehead atoms. The minimum absolute atomic E-state index is 0.509. The first-order chi connectivity index (χ1) is 9.19. The molecule has 5 nitrogen and oxygen atoms in total. The fraction of sp³-hybridized carbons (Fsp3) is 0.357. The fourth-order valence-corrected chi connectivity index (χ4v) is 1.93. The minimum atomic E-state index is 0.509. The predicted octanol–water partition coefficient (Wildman–Crippen LogP) is 2.17. The van der Waals surface area contributed by atoms with Crippen molar-refractivity contribution in [2.75, 3.05) is 20.8 Å². The molecule has 0 fully saturated rings. The van der Waals surface area contributed by atoms with Crippen LogP contribution in [-0.4, -0.2) is 25.7 Å². The number of nitrogens with two attached hydrogens (primary N) is 1. The quantitative estimate of drug-likeness (QED) is 0.894. The van der Waals surface area contributed by atoms with E-state index in [0.29, 0.717) is 18.9 Å². The van der Waals surface area contributed by atoms with Gasteiger partial charge in [-0.25, -0.2) is 4.98 Å². The number of ether oxygens (including phenoxy) is 2. The van der Waals surface area contributed by atoms with Gasteiger partial charge in [-0.05, 0) is 25.1 Å². The van der Waals surface area contributed by atoms with Crippen LogP contribution < -0.4 is 15.2 Å². The SMILES string of the molecule is COc1ccc(OC)c(-c2nc(CCN)oc2C)c1. The average Bonchev–Trinajstić information content (AvgIpc) is 2.79. The molecule has 2 N–H and O–H groups in total. The first kappa shape index (κ1) is 13.4. The molecule has 0 saturated carbocycles. The molecule has 102 valence electrons. The lowest BCUT2D eigenvalue weighted by atomic mass is 10.1. The molecule has 19 heavy (non-hydrogen) atoms. The van der Waals surface area contributed by atoms with Crippen LogP contribution in [0.3, 0.4) is 0 Å². The van der Waals surface area contributed by atoms with E-state index in [1.807, 2.05) is 25.1 Å². The van der Waals surface area contributed by atoms with Gasteiger partial charge < -0.3 is 19.6 Å². The molecular formula is C14H18N2O3. The Morgan fingerprint density at radius 3 is 2.68 bits per heavy atom. The van der Waals surface area contributed by atoms with Crippen molar-refractivity contribution in [3.63, 3.8) is 0 Å². The Balaban J connectivity index is 2.50. The Morgan fingerprint density at radius 2 is 2.05 bits per heavy atom. The Labute approximate surface area is 112 Å². The molecule has 5 heteroatoms.